The Balaban J connectivity index is 3.03. The number of nitrogens with zero attached hydrogens (tertiary/aromatic N) is 1. The number of carbonyl (C=O) groups is 3. The predicted octanol–water partition coefficient (Wildman–Crippen LogP) is 1.06. The molecule has 0 saturated heterocycles. The van der Waals surface area contributed by atoms with Crippen molar-refractivity contribution in [1.82, 2.24) is 5.32 Å². The van der Waals surface area contributed by atoms with E-state index in [1.54, 1.807) is 32.9 Å². The van der Waals surface area contributed by atoms with Gasteiger partial charge in [-0.1, -0.05) is 0 Å². The van der Waals surface area contributed by atoms with E-state index in [-0.39, 0.29) is 0 Å². The monoisotopic (exact) mass is 277 g/mol. The van der Waals surface area contributed by atoms with E-state index < -0.39 is 23.3 Å². The molecule has 0 saturated carbocycles. The van der Waals surface area contributed by atoms with Gasteiger partial charge in [0.1, 0.15) is 0 Å². The molecule has 1 aromatic carbocycles. The molecule has 1 rings (SSSR count). The first-order valence-electron chi connectivity index (χ1n) is 6.14. The van der Waals surface area contributed by atoms with Crippen molar-refractivity contribution >= 4 is 29.1 Å². The molecule has 0 aliphatic rings. The number of hydrogen-bond acceptors (Lipinski definition) is 4. The normalized spacial score (nSPS) is 10.8. The summed E-state index contributed by atoms with van der Waals surface area (Å²) in [4.78, 5) is 36.4. The molecule has 0 aromatic heterocycles. The molecule has 0 spiro atoms. The van der Waals surface area contributed by atoms with Crippen LogP contribution in [0.4, 0.5) is 11.4 Å². The van der Waals surface area contributed by atoms with Gasteiger partial charge in [0.2, 0.25) is 5.91 Å². The third-order valence-corrected chi connectivity index (χ3v) is 2.35. The number of carbonyl (C=O) groups excluding carboxylic acids is 3. The second-order valence-electron chi connectivity index (χ2n) is 5.46. The molecular weight excluding hydrogens is 258 g/mol. The number of rotatable bonds is 1. The van der Waals surface area contributed by atoms with E-state index in [9.17, 15) is 14.4 Å². The molecule has 0 aliphatic carbocycles. The summed E-state index contributed by atoms with van der Waals surface area (Å²) in [5.74, 6) is -2.29. The molecular formula is C14H19N3O3. The lowest BCUT2D eigenvalue weighted by Crippen LogP contribution is -2.51. The van der Waals surface area contributed by atoms with Crippen molar-refractivity contribution in [2.24, 2.45) is 0 Å². The topological polar surface area (TPSA) is 92.5 Å². The molecule has 0 heterocycles. The van der Waals surface area contributed by atoms with Gasteiger partial charge in [0.15, 0.2) is 0 Å². The van der Waals surface area contributed by atoms with Gasteiger partial charge in [-0.3, -0.25) is 14.4 Å². The molecule has 6 heteroatoms. The highest BCUT2D eigenvalue weighted by Gasteiger charge is 2.29. The summed E-state index contributed by atoms with van der Waals surface area (Å²) < 4.78 is 0. The number of nitrogens with two attached hydrogens (primary N) is 1. The van der Waals surface area contributed by atoms with E-state index in [4.69, 9.17) is 5.73 Å². The largest absolute Gasteiger partial charge is 0.399 e. The number of hydrogen-bond donors (Lipinski definition) is 2. The van der Waals surface area contributed by atoms with Gasteiger partial charge in [-0.2, -0.15) is 0 Å². The number of nitrogen functional groups attached to an aromatic ring is 1. The molecule has 0 atom stereocenters. The van der Waals surface area contributed by atoms with Gasteiger partial charge in [-0.05, 0) is 45.0 Å². The predicted molar refractivity (Wildman–Crippen MR) is 76.9 cm³/mol. The average Bonchev–Trinajstić information content (AvgIpc) is 2.29. The van der Waals surface area contributed by atoms with E-state index >= 15 is 0 Å². The highest BCUT2D eigenvalue weighted by atomic mass is 16.2. The van der Waals surface area contributed by atoms with Gasteiger partial charge in [0.25, 0.3) is 0 Å². The van der Waals surface area contributed by atoms with Crippen molar-refractivity contribution < 1.29 is 14.4 Å². The molecule has 6 nitrogen and oxygen atoms in total. The van der Waals surface area contributed by atoms with E-state index in [0.717, 1.165) is 4.90 Å². The molecule has 1 aromatic rings. The lowest BCUT2D eigenvalue weighted by atomic mass is 10.1. The van der Waals surface area contributed by atoms with Crippen LogP contribution in [-0.4, -0.2) is 23.3 Å². The lowest BCUT2D eigenvalue weighted by molar-refractivity contribution is -0.140. The molecule has 0 aliphatic heterocycles. The molecule has 3 amide bonds. The molecule has 0 radical (unpaired) electrons. The SMILES string of the molecule is CC(=O)N(C(=O)C(=O)NC(C)(C)C)c1ccc(N)cc1. The minimum Gasteiger partial charge on any atom is -0.399 e. The molecule has 0 fully saturated rings. The number of imide groups is 1. The quantitative estimate of drug-likeness (QED) is 0.593. The minimum absolute atomic E-state index is 0.306. The van der Waals surface area contributed by atoms with Crippen LogP contribution >= 0.6 is 0 Å². The minimum atomic E-state index is -0.919. The number of benzene rings is 1. The van der Waals surface area contributed by atoms with Crippen molar-refractivity contribution in [3.63, 3.8) is 0 Å². The van der Waals surface area contributed by atoms with Gasteiger partial charge in [0.05, 0.1) is 5.69 Å². The number of anilines is 2. The van der Waals surface area contributed by atoms with Crippen LogP contribution in [0.5, 0.6) is 0 Å². The fourth-order valence-corrected chi connectivity index (χ4v) is 1.56. The first-order chi connectivity index (χ1) is 9.11. The van der Waals surface area contributed by atoms with E-state index in [0.29, 0.717) is 11.4 Å². The maximum atomic E-state index is 12.1. The summed E-state index contributed by atoms with van der Waals surface area (Å²) in [5.41, 5.74) is 5.81. The third kappa shape index (κ3) is 4.08. The van der Waals surface area contributed by atoms with E-state index in [2.05, 4.69) is 5.32 Å². The molecule has 3 N–H and O–H groups in total. The standard InChI is InChI=1S/C14H19N3O3/c1-9(18)17(11-7-5-10(15)6-8-11)13(20)12(19)16-14(2,3)4/h5-8H,15H2,1-4H3,(H,16,19). The Morgan fingerprint density at radius 1 is 1.10 bits per heavy atom. The van der Waals surface area contributed by atoms with Crippen LogP contribution in [0.3, 0.4) is 0 Å². The molecule has 108 valence electrons. The van der Waals surface area contributed by atoms with Crippen LogP contribution in [0.1, 0.15) is 27.7 Å². The Morgan fingerprint density at radius 3 is 2.00 bits per heavy atom. The van der Waals surface area contributed by atoms with Crippen molar-refractivity contribution in [2.45, 2.75) is 33.2 Å². The maximum Gasteiger partial charge on any atom is 0.323 e. The van der Waals surface area contributed by atoms with Crippen LogP contribution < -0.4 is 16.0 Å². The summed E-state index contributed by atoms with van der Waals surface area (Å²) in [7, 11) is 0. The van der Waals surface area contributed by atoms with Crippen LogP contribution in [0.25, 0.3) is 0 Å². The highest BCUT2D eigenvalue weighted by Crippen LogP contribution is 2.17. The zero-order valence-electron chi connectivity index (χ0n) is 12.1. The zero-order valence-corrected chi connectivity index (χ0v) is 12.1. The Bertz CT molecular complexity index is 530. The third-order valence-electron chi connectivity index (χ3n) is 2.35. The van der Waals surface area contributed by atoms with Gasteiger partial charge in [-0.25, -0.2) is 4.90 Å². The Kier molecular flexibility index (Phi) is 4.49. The van der Waals surface area contributed by atoms with E-state index in [1.807, 2.05) is 0 Å². The Labute approximate surface area is 117 Å². The average molecular weight is 277 g/mol. The fraction of sp³-hybridized carbons (Fsp3) is 0.357. The van der Waals surface area contributed by atoms with Crippen LogP contribution in [0.15, 0.2) is 24.3 Å². The smallest absolute Gasteiger partial charge is 0.323 e. The molecule has 0 unspecified atom stereocenters. The first-order valence-corrected chi connectivity index (χ1v) is 6.14. The summed E-state index contributed by atoms with van der Waals surface area (Å²) in [6, 6.07) is 6.14. The lowest BCUT2D eigenvalue weighted by Gasteiger charge is -2.23. The van der Waals surface area contributed by atoms with Crippen molar-refractivity contribution in [1.29, 1.82) is 0 Å². The molecule has 0 bridgehead atoms. The Hall–Kier alpha value is -2.37. The maximum absolute atomic E-state index is 12.1. The van der Waals surface area contributed by atoms with Gasteiger partial charge in [0, 0.05) is 18.2 Å². The van der Waals surface area contributed by atoms with E-state index in [1.165, 1.54) is 19.1 Å². The summed E-state index contributed by atoms with van der Waals surface area (Å²) in [5, 5.41) is 2.53. The van der Waals surface area contributed by atoms with Crippen molar-refractivity contribution in [2.75, 3.05) is 10.6 Å². The van der Waals surface area contributed by atoms with Crippen LogP contribution in [0.2, 0.25) is 0 Å². The van der Waals surface area contributed by atoms with Gasteiger partial charge in [-0.15, -0.1) is 0 Å². The van der Waals surface area contributed by atoms with Gasteiger partial charge >= 0.3 is 11.8 Å². The fourth-order valence-electron chi connectivity index (χ4n) is 1.56. The number of nitrogens with one attached hydrogen (secondary N) is 1. The summed E-state index contributed by atoms with van der Waals surface area (Å²) in [6.07, 6.45) is 0. The second-order valence-corrected chi connectivity index (χ2v) is 5.46. The first kappa shape index (κ1) is 15.7. The van der Waals surface area contributed by atoms with Crippen molar-refractivity contribution in [3.05, 3.63) is 24.3 Å². The summed E-state index contributed by atoms with van der Waals surface area (Å²) in [6.45, 7) is 6.47. The zero-order chi connectivity index (χ0) is 15.5. The van der Waals surface area contributed by atoms with Crippen molar-refractivity contribution in [3.8, 4) is 0 Å². The Morgan fingerprint density at radius 2 is 1.60 bits per heavy atom. The van der Waals surface area contributed by atoms with Crippen LogP contribution in [-0.2, 0) is 14.4 Å². The van der Waals surface area contributed by atoms with Gasteiger partial charge < -0.3 is 11.1 Å². The second kappa shape index (κ2) is 5.73. The summed E-state index contributed by atoms with van der Waals surface area (Å²) >= 11 is 0. The molecule has 20 heavy (non-hydrogen) atoms. The highest BCUT2D eigenvalue weighted by molar-refractivity contribution is 6.45. The number of amides is 3. The van der Waals surface area contributed by atoms with Crippen LogP contribution in [0, 0.1) is 0 Å².